The molecule has 1 atom stereocenters. The number of nitrogen functional groups attached to an aromatic ring is 1. The monoisotopic (exact) mass is 284 g/mol. The van der Waals surface area contributed by atoms with Crippen LogP contribution < -0.4 is 17.0 Å². The van der Waals surface area contributed by atoms with Gasteiger partial charge in [-0.25, -0.2) is 19.2 Å². The molecule has 1 aromatic carbocycles. The standard InChI is InChI=1S/C12H11ClF2N4/c13-6-3-9(12(16)18-5-6)11(19-17)8-4-7(14)1-2-10(8)15/h1-5,11,19H,17H2,(H2,16,18). The van der Waals surface area contributed by atoms with Gasteiger partial charge < -0.3 is 5.73 Å². The first-order valence-electron chi connectivity index (χ1n) is 5.35. The van der Waals surface area contributed by atoms with Crippen LogP contribution in [0.15, 0.2) is 30.5 Å². The lowest BCUT2D eigenvalue weighted by atomic mass is 9.99. The number of pyridine rings is 1. The average Bonchev–Trinajstić information content (AvgIpc) is 2.38. The molecule has 0 aliphatic rings. The molecular weight excluding hydrogens is 274 g/mol. The summed E-state index contributed by atoms with van der Waals surface area (Å²) in [5, 5.41) is 0.321. The van der Waals surface area contributed by atoms with Gasteiger partial charge in [-0.3, -0.25) is 5.84 Å². The van der Waals surface area contributed by atoms with Crippen molar-refractivity contribution >= 4 is 17.4 Å². The molecule has 7 heteroatoms. The van der Waals surface area contributed by atoms with Gasteiger partial charge in [0.25, 0.3) is 0 Å². The Labute approximate surface area is 113 Å². The Hall–Kier alpha value is -1.76. The third kappa shape index (κ3) is 2.81. The minimum absolute atomic E-state index is 0.0262. The molecule has 19 heavy (non-hydrogen) atoms. The molecule has 4 nitrogen and oxygen atoms in total. The molecule has 0 saturated heterocycles. The van der Waals surface area contributed by atoms with E-state index in [1.165, 1.54) is 12.3 Å². The Bertz CT molecular complexity index is 555. The Morgan fingerprint density at radius 1 is 1.21 bits per heavy atom. The van der Waals surface area contributed by atoms with Crippen LogP contribution in [-0.4, -0.2) is 4.98 Å². The number of hydrogen-bond acceptors (Lipinski definition) is 4. The highest BCUT2D eigenvalue weighted by molar-refractivity contribution is 6.30. The van der Waals surface area contributed by atoms with Crippen LogP contribution in [0.5, 0.6) is 0 Å². The first kappa shape index (κ1) is 13.7. The van der Waals surface area contributed by atoms with Crippen molar-refractivity contribution in [2.24, 2.45) is 5.84 Å². The Balaban J connectivity index is 2.55. The van der Waals surface area contributed by atoms with E-state index in [-0.39, 0.29) is 11.4 Å². The van der Waals surface area contributed by atoms with E-state index in [0.717, 1.165) is 18.2 Å². The third-order valence-electron chi connectivity index (χ3n) is 2.66. The summed E-state index contributed by atoms with van der Waals surface area (Å²) in [5.74, 6) is 4.36. The molecule has 0 fully saturated rings. The quantitative estimate of drug-likeness (QED) is 0.596. The molecule has 100 valence electrons. The zero-order valence-corrected chi connectivity index (χ0v) is 10.5. The van der Waals surface area contributed by atoms with Gasteiger partial charge in [-0.1, -0.05) is 11.6 Å². The van der Waals surface area contributed by atoms with E-state index >= 15 is 0 Å². The van der Waals surface area contributed by atoms with Crippen LogP contribution in [0, 0.1) is 11.6 Å². The molecule has 0 saturated carbocycles. The van der Waals surface area contributed by atoms with Crippen LogP contribution in [0.4, 0.5) is 14.6 Å². The summed E-state index contributed by atoms with van der Waals surface area (Å²) in [4.78, 5) is 3.86. The normalized spacial score (nSPS) is 12.4. The maximum atomic E-state index is 13.8. The van der Waals surface area contributed by atoms with Gasteiger partial charge in [0.2, 0.25) is 0 Å². The van der Waals surface area contributed by atoms with Gasteiger partial charge in [-0.15, -0.1) is 0 Å². The lowest BCUT2D eigenvalue weighted by Gasteiger charge is -2.19. The maximum Gasteiger partial charge on any atom is 0.128 e. The second-order valence-corrected chi connectivity index (χ2v) is 4.33. The average molecular weight is 285 g/mol. The van der Waals surface area contributed by atoms with Crippen LogP contribution in [0.3, 0.4) is 0 Å². The molecule has 5 N–H and O–H groups in total. The van der Waals surface area contributed by atoms with Crippen molar-refractivity contribution in [2.75, 3.05) is 5.73 Å². The highest BCUT2D eigenvalue weighted by Gasteiger charge is 2.20. The van der Waals surface area contributed by atoms with Gasteiger partial charge in [0.1, 0.15) is 17.5 Å². The first-order valence-corrected chi connectivity index (χ1v) is 5.72. The predicted octanol–water partition coefficient (Wildman–Crippen LogP) is 2.15. The van der Waals surface area contributed by atoms with Crippen LogP contribution in [0.2, 0.25) is 5.02 Å². The molecular formula is C12H11ClF2N4. The van der Waals surface area contributed by atoms with Gasteiger partial charge >= 0.3 is 0 Å². The number of anilines is 1. The van der Waals surface area contributed by atoms with Crippen molar-refractivity contribution < 1.29 is 8.78 Å². The highest BCUT2D eigenvalue weighted by atomic mass is 35.5. The van der Waals surface area contributed by atoms with Crippen molar-refractivity contribution in [3.63, 3.8) is 0 Å². The fourth-order valence-corrected chi connectivity index (χ4v) is 1.95. The van der Waals surface area contributed by atoms with Crippen LogP contribution in [0.1, 0.15) is 17.2 Å². The summed E-state index contributed by atoms with van der Waals surface area (Å²) >= 11 is 5.82. The van der Waals surface area contributed by atoms with Gasteiger partial charge in [0.05, 0.1) is 11.1 Å². The largest absolute Gasteiger partial charge is 0.383 e. The topological polar surface area (TPSA) is 77.0 Å². The van der Waals surface area contributed by atoms with Crippen LogP contribution >= 0.6 is 11.6 Å². The minimum atomic E-state index is -0.845. The van der Waals surface area contributed by atoms with Crippen molar-refractivity contribution in [3.8, 4) is 0 Å². The second kappa shape index (κ2) is 5.48. The number of nitrogens with zero attached hydrogens (tertiary/aromatic N) is 1. The van der Waals surface area contributed by atoms with E-state index in [1.807, 2.05) is 0 Å². The molecule has 0 bridgehead atoms. The number of nitrogens with one attached hydrogen (secondary N) is 1. The Morgan fingerprint density at radius 3 is 2.63 bits per heavy atom. The number of hydrazine groups is 1. The van der Waals surface area contributed by atoms with Gasteiger partial charge in [0.15, 0.2) is 0 Å². The second-order valence-electron chi connectivity index (χ2n) is 3.89. The molecule has 2 aromatic rings. The van der Waals surface area contributed by atoms with Gasteiger partial charge in [-0.05, 0) is 24.3 Å². The number of benzene rings is 1. The maximum absolute atomic E-state index is 13.8. The molecule has 1 unspecified atom stereocenters. The summed E-state index contributed by atoms with van der Waals surface area (Å²) in [6, 6.07) is 3.73. The summed E-state index contributed by atoms with van der Waals surface area (Å²) in [6.07, 6.45) is 1.36. The van der Waals surface area contributed by atoms with E-state index in [9.17, 15) is 8.78 Å². The number of aromatic nitrogens is 1. The van der Waals surface area contributed by atoms with Crippen LogP contribution in [0.25, 0.3) is 0 Å². The van der Waals surface area contributed by atoms with Crippen molar-refractivity contribution in [1.82, 2.24) is 10.4 Å². The SMILES string of the molecule is NNC(c1cc(F)ccc1F)c1cc(Cl)cnc1N. The fourth-order valence-electron chi connectivity index (χ4n) is 1.78. The third-order valence-corrected chi connectivity index (χ3v) is 2.87. The number of rotatable bonds is 3. The minimum Gasteiger partial charge on any atom is -0.383 e. The number of hydrogen-bond donors (Lipinski definition) is 3. The summed E-state index contributed by atoms with van der Waals surface area (Å²) in [7, 11) is 0. The zero-order chi connectivity index (χ0) is 14.0. The number of nitrogens with two attached hydrogens (primary N) is 2. The lowest BCUT2D eigenvalue weighted by molar-refractivity contribution is 0.545. The molecule has 0 radical (unpaired) electrons. The Morgan fingerprint density at radius 2 is 1.95 bits per heavy atom. The van der Waals surface area contributed by atoms with Crippen molar-refractivity contribution in [3.05, 3.63) is 58.2 Å². The van der Waals surface area contributed by atoms with E-state index in [2.05, 4.69) is 10.4 Å². The van der Waals surface area contributed by atoms with E-state index in [1.54, 1.807) is 0 Å². The first-order chi connectivity index (χ1) is 9.02. The molecule has 0 amide bonds. The summed E-state index contributed by atoms with van der Waals surface area (Å²) in [6.45, 7) is 0. The molecule has 0 aliphatic carbocycles. The summed E-state index contributed by atoms with van der Waals surface area (Å²) in [5.41, 5.74) is 8.50. The molecule has 1 aromatic heterocycles. The van der Waals surface area contributed by atoms with Crippen LogP contribution in [-0.2, 0) is 0 Å². The van der Waals surface area contributed by atoms with E-state index < -0.39 is 17.7 Å². The molecule has 1 heterocycles. The smallest absolute Gasteiger partial charge is 0.128 e. The van der Waals surface area contributed by atoms with Crippen molar-refractivity contribution in [2.45, 2.75) is 6.04 Å². The lowest BCUT2D eigenvalue weighted by Crippen LogP contribution is -2.30. The van der Waals surface area contributed by atoms with Gasteiger partial charge in [-0.2, -0.15) is 0 Å². The number of halogens is 3. The molecule has 0 aliphatic heterocycles. The van der Waals surface area contributed by atoms with Gasteiger partial charge in [0, 0.05) is 17.3 Å². The molecule has 2 rings (SSSR count). The molecule has 0 spiro atoms. The summed E-state index contributed by atoms with van der Waals surface area (Å²) < 4.78 is 27.0. The van der Waals surface area contributed by atoms with Crippen molar-refractivity contribution in [1.29, 1.82) is 0 Å². The fraction of sp³-hybridized carbons (Fsp3) is 0.0833. The zero-order valence-electron chi connectivity index (χ0n) is 9.70. The Kier molecular flexibility index (Phi) is 3.94. The van der Waals surface area contributed by atoms with E-state index in [4.69, 9.17) is 23.2 Å². The predicted molar refractivity (Wildman–Crippen MR) is 69.2 cm³/mol. The highest BCUT2D eigenvalue weighted by Crippen LogP contribution is 2.29. The van der Waals surface area contributed by atoms with E-state index in [0.29, 0.717) is 10.6 Å².